The highest BCUT2D eigenvalue weighted by Crippen LogP contribution is 2.30. The van der Waals surface area contributed by atoms with Gasteiger partial charge in [-0.3, -0.25) is 4.79 Å². The van der Waals surface area contributed by atoms with Crippen LogP contribution in [0.2, 0.25) is 0 Å². The monoisotopic (exact) mass is 538 g/mol. The molecule has 0 aromatic heterocycles. The topological polar surface area (TPSA) is 72.8 Å². The largest absolute Gasteiger partial charge is 0.493 e. The van der Waals surface area contributed by atoms with E-state index < -0.39 is 11.6 Å². The van der Waals surface area contributed by atoms with E-state index in [4.69, 9.17) is 9.47 Å². The van der Waals surface area contributed by atoms with Gasteiger partial charge in [0, 0.05) is 5.56 Å². The molecule has 1 saturated heterocycles. The minimum absolute atomic E-state index is 0.0736. The van der Waals surface area contributed by atoms with E-state index in [1.165, 1.54) is 51.0 Å². The maximum absolute atomic E-state index is 13.0. The van der Waals surface area contributed by atoms with Crippen molar-refractivity contribution in [3.05, 3.63) is 63.7 Å². The molecule has 206 valence electrons. The molecular weight excluding hydrogens is 496 g/mol. The fourth-order valence-electron chi connectivity index (χ4n) is 4.83. The highest BCUT2D eigenvalue weighted by atomic mass is 32.2. The lowest BCUT2D eigenvalue weighted by Crippen LogP contribution is -2.38. The smallest absolute Gasteiger partial charge is 0.347 e. The highest BCUT2D eigenvalue weighted by molar-refractivity contribution is 7.99. The zero-order chi connectivity index (χ0) is 27.9. The number of thioether (sulfide) groups is 1. The number of unbranched alkanes of at least 4 members (excludes halogenated alkanes) is 2. The average molecular weight is 539 g/mol. The van der Waals surface area contributed by atoms with Gasteiger partial charge in [-0.05, 0) is 136 Å². The molecule has 0 spiro atoms. The van der Waals surface area contributed by atoms with E-state index in [2.05, 4.69) is 11.8 Å². The summed E-state index contributed by atoms with van der Waals surface area (Å²) in [6, 6.07) is 7.58. The molecule has 0 saturated carbocycles. The first kappa shape index (κ1) is 29.8. The van der Waals surface area contributed by atoms with Crippen LogP contribution in [0.3, 0.4) is 0 Å². The van der Waals surface area contributed by atoms with Crippen LogP contribution in [0.15, 0.2) is 30.3 Å². The number of benzene rings is 2. The first-order valence-electron chi connectivity index (χ1n) is 13.6. The lowest BCUT2D eigenvalue weighted by atomic mass is 10.0. The van der Waals surface area contributed by atoms with Gasteiger partial charge >= 0.3 is 5.97 Å². The van der Waals surface area contributed by atoms with Crippen molar-refractivity contribution in [2.75, 3.05) is 18.1 Å². The lowest BCUT2D eigenvalue weighted by Gasteiger charge is -2.24. The van der Waals surface area contributed by atoms with Crippen LogP contribution in [-0.4, -0.2) is 40.6 Å². The zero-order valence-electron chi connectivity index (χ0n) is 23.7. The number of hydrogen-bond acceptors (Lipinski definition) is 5. The maximum atomic E-state index is 13.0. The molecule has 1 fully saturated rings. The summed E-state index contributed by atoms with van der Waals surface area (Å²) in [6.45, 7) is 11.5. The molecule has 38 heavy (non-hydrogen) atoms. The summed E-state index contributed by atoms with van der Waals surface area (Å²) in [6.07, 6.45) is 9.62. The number of ether oxygens (including phenoxy) is 2. The average Bonchev–Trinajstić information content (AvgIpc) is 3.36. The summed E-state index contributed by atoms with van der Waals surface area (Å²) in [4.78, 5) is 24.4. The number of aliphatic carboxylic acids is 1. The molecule has 0 amide bonds. The van der Waals surface area contributed by atoms with Gasteiger partial charge < -0.3 is 14.6 Å². The summed E-state index contributed by atoms with van der Waals surface area (Å²) < 4.78 is 11.9. The van der Waals surface area contributed by atoms with Crippen LogP contribution >= 0.6 is 11.8 Å². The van der Waals surface area contributed by atoms with Crippen LogP contribution in [0.5, 0.6) is 11.5 Å². The number of ketones is 1. The number of allylic oxidation sites excluding steroid dienone is 1. The van der Waals surface area contributed by atoms with Gasteiger partial charge in [-0.2, -0.15) is 11.8 Å². The molecule has 1 aliphatic heterocycles. The fraction of sp³-hybridized carbons (Fsp3) is 0.500. The molecule has 0 radical (unpaired) electrons. The highest BCUT2D eigenvalue weighted by Gasteiger charge is 2.30. The minimum atomic E-state index is -1.33. The number of carboxylic acids is 1. The van der Waals surface area contributed by atoms with Crippen molar-refractivity contribution >= 4 is 29.6 Å². The van der Waals surface area contributed by atoms with E-state index in [9.17, 15) is 14.7 Å². The van der Waals surface area contributed by atoms with Crippen LogP contribution in [-0.2, 0) is 4.79 Å². The Morgan fingerprint density at radius 2 is 1.61 bits per heavy atom. The Morgan fingerprint density at radius 3 is 2.18 bits per heavy atom. The van der Waals surface area contributed by atoms with Gasteiger partial charge in [0.2, 0.25) is 0 Å². The van der Waals surface area contributed by atoms with Gasteiger partial charge in [-0.1, -0.05) is 18.9 Å². The van der Waals surface area contributed by atoms with E-state index in [1.807, 2.05) is 52.0 Å². The molecule has 3 rings (SSSR count). The second-order valence-corrected chi connectivity index (χ2v) is 12.1. The molecule has 1 atom stereocenters. The first-order valence-corrected chi connectivity index (χ1v) is 14.7. The molecule has 0 bridgehead atoms. The predicted octanol–water partition coefficient (Wildman–Crippen LogP) is 7.75. The van der Waals surface area contributed by atoms with E-state index in [0.29, 0.717) is 17.9 Å². The minimum Gasteiger partial charge on any atom is -0.493 e. The molecule has 0 unspecified atom stereocenters. The summed E-state index contributed by atoms with van der Waals surface area (Å²) in [5.74, 6) is 3.92. The normalized spacial score (nSPS) is 15.7. The first-order chi connectivity index (χ1) is 18.0. The summed E-state index contributed by atoms with van der Waals surface area (Å²) >= 11 is 2.09. The second-order valence-electron chi connectivity index (χ2n) is 11.0. The molecule has 5 nitrogen and oxygen atoms in total. The van der Waals surface area contributed by atoms with Crippen LogP contribution in [0, 0.1) is 33.6 Å². The van der Waals surface area contributed by atoms with Gasteiger partial charge in [0.05, 0.1) is 6.61 Å². The van der Waals surface area contributed by atoms with Crippen molar-refractivity contribution < 1.29 is 24.2 Å². The summed E-state index contributed by atoms with van der Waals surface area (Å²) in [5.41, 5.74) is 3.73. The van der Waals surface area contributed by atoms with Crippen molar-refractivity contribution in [3.63, 3.8) is 0 Å². The third kappa shape index (κ3) is 8.13. The molecule has 1 heterocycles. The SMILES string of the molecule is Cc1cc(C(=O)/C=C/c2cc(C)c(OC(C)(C)C(=O)O)c(C)c2)cc(C)c1OCCCCC[C@H]1CCSC1. The third-order valence-corrected chi connectivity index (χ3v) is 8.29. The Balaban J connectivity index is 1.58. The maximum Gasteiger partial charge on any atom is 0.347 e. The van der Waals surface area contributed by atoms with Crippen molar-refractivity contribution in [3.8, 4) is 11.5 Å². The van der Waals surface area contributed by atoms with E-state index in [-0.39, 0.29) is 5.78 Å². The Bertz CT molecular complexity index is 1130. The standard InChI is InChI=1S/C32H42O5S/c1-21-16-26(17-22(2)30(21)37-32(5,6)31(34)35)11-12-28(33)27-18-23(3)29(24(4)19-27)36-14-9-7-8-10-25-13-15-38-20-25/h11-12,16-19,25H,7-10,13-15,20H2,1-6H3,(H,34,35)/b12-11+/t25-/m0/s1. The van der Waals surface area contributed by atoms with Crippen molar-refractivity contribution in [2.45, 2.75) is 79.2 Å². The van der Waals surface area contributed by atoms with Crippen LogP contribution < -0.4 is 9.47 Å². The Hall–Kier alpha value is -2.73. The summed E-state index contributed by atoms with van der Waals surface area (Å²) in [7, 11) is 0. The molecule has 1 N–H and O–H groups in total. The molecular formula is C32H42O5S. The molecule has 6 heteroatoms. The van der Waals surface area contributed by atoms with Gasteiger partial charge in [0.1, 0.15) is 11.5 Å². The Kier molecular flexibility index (Phi) is 10.5. The molecule has 2 aromatic rings. The van der Waals surface area contributed by atoms with Gasteiger partial charge in [0.25, 0.3) is 0 Å². The molecule has 2 aromatic carbocycles. The molecule has 0 aliphatic carbocycles. The van der Waals surface area contributed by atoms with Gasteiger partial charge in [-0.25, -0.2) is 4.79 Å². The summed E-state index contributed by atoms with van der Waals surface area (Å²) in [5, 5.41) is 9.37. The van der Waals surface area contributed by atoms with Crippen LogP contribution in [0.1, 0.15) is 84.1 Å². The number of rotatable bonds is 13. The van der Waals surface area contributed by atoms with Crippen molar-refractivity contribution in [2.24, 2.45) is 5.92 Å². The van der Waals surface area contributed by atoms with Crippen molar-refractivity contribution in [1.29, 1.82) is 0 Å². The zero-order valence-corrected chi connectivity index (χ0v) is 24.5. The number of aryl methyl sites for hydroxylation is 4. The van der Waals surface area contributed by atoms with Crippen LogP contribution in [0.25, 0.3) is 6.08 Å². The molecule has 1 aliphatic rings. The van der Waals surface area contributed by atoms with E-state index in [0.717, 1.165) is 45.9 Å². The number of carboxylic acid groups (broad SMARTS) is 1. The predicted molar refractivity (Wildman–Crippen MR) is 157 cm³/mol. The number of carbonyl (C=O) groups is 2. The van der Waals surface area contributed by atoms with Gasteiger partial charge in [0.15, 0.2) is 11.4 Å². The quantitative estimate of drug-likeness (QED) is 0.160. The Labute approximate surface area is 232 Å². The van der Waals surface area contributed by atoms with Gasteiger partial charge in [-0.15, -0.1) is 0 Å². The Morgan fingerprint density at radius 1 is 0.974 bits per heavy atom. The van der Waals surface area contributed by atoms with E-state index in [1.54, 1.807) is 12.2 Å². The lowest BCUT2D eigenvalue weighted by molar-refractivity contribution is -0.152. The van der Waals surface area contributed by atoms with Crippen LogP contribution in [0.4, 0.5) is 0 Å². The second kappa shape index (κ2) is 13.4. The number of hydrogen-bond donors (Lipinski definition) is 1. The van der Waals surface area contributed by atoms with Crippen molar-refractivity contribution in [1.82, 2.24) is 0 Å². The van der Waals surface area contributed by atoms with E-state index >= 15 is 0 Å². The number of carbonyl (C=O) groups excluding carboxylic acids is 1. The fourth-order valence-corrected chi connectivity index (χ4v) is 6.16. The third-order valence-electron chi connectivity index (χ3n) is 7.05.